The van der Waals surface area contributed by atoms with Gasteiger partial charge in [-0.05, 0) is 33.6 Å². The summed E-state index contributed by atoms with van der Waals surface area (Å²) < 4.78 is 0. The molecule has 0 aromatic rings. The van der Waals surface area contributed by atoms with Gasteiger partial charge < -0.3 is 0 Å². The summed E-state index contributed by atoms with van der Waals surface area (Å²) in [6.45, 7) is 11.5. The van der Waals surface area contributed by atoms with Crippen molar-refractivity contribution in [3.05, 3.63) is 11.6 Å². The Morgan fingerprint density at radius 2 is 2.08 bits per heavy atom. The van der Waals surface area contributed by atoms with Gasteiger partial charge in [-0.1, -0.05) is 25.0 Å². The van der Waals surface area contributed by atoms with Crippen molar-refractivity contribution in [3.8, 4) is 0 Å². The molecule has 1 heteroatoms. The first-order valence-electron chi connectivity index (χ1n) is 5.47. The predicted octanol–water partition coefficient (Wildman–Crippen LogP) is 3.22. The van der Waals surface area contributed by atoms with Crippen molar-refractivity contribution in [3.63, 3.8) is 0 Å². The molecule has 0 aromatic heterocycles. The first kappa shape index (κ1) is 10.8. The molecule has 1 aliphatic heterocycles. The maximum absolute atomic E-state index is 2.55. The van der Waals surface area contributed by atoms with E-state index in [1.54, 1.807) is 5.57 Å². The lowest BCUT2D eigenvalue weighted by molar-refractivity contribution is 0.148. The van der Waals surface area contributed by atoms with E-state index in [2.05, 4.69) is 38.7 Å². The molecular weight excluding hydrogens is 158 g/mol. The van der Waals surface area contributed by atoms with Crippen molar-refractivity contribution >= 4 is 0 Å². The minimum atomic E-state index is 0.342. The van der Waals surface area contributed by atoms with Gasteiger partial charge in [0, 0.05) is 18.6 Å². The fraction of sp³-hybridized carbons (Fsp3) is 0.833. The molecule has 0 unspecified atom stereocenters. The van der Waals surface area contributed by atoms with Crippen LogP contribution in [-0.4, -0.2) is 23.5 Å². The van der Waals surface area contributed by atoms with E-state index in [0.29, 0.717) is 5.54 Å². The van der Waals surface area contributed by atoms with Gasteiger partial charge >= 0.3 is 0 Å². The zero-order chi connectivity index (χ0) is 9.90. The van der Waals surface area contributed by atoms with Gasteiger partial charge in [-0.2, -0.15) is 0 Å². The monoisotopic (exact) mass is 181 g/mol. The maximum Gasteiger partial charge on any atom is 0.0171 e. The van der Waals surface area contributed by atoms with Gasteiger partial charge in [-0.3, -0.25) is 4.90 Å². The largest absolute Gasteiger partial charge is 0.295 e. The first-order valence-corrected chi connectivity index (χ1v) is 5.47. The molecule has 0 aromatic carbocycles. The van der Waals surface area contributed by atoms with Crippen LogP contribution >= 0.6 is 0 Å². The van der Waals surface area contributed by atoms with E-state index < -0.39 is 0 Å². The molecular formula is C12H23N. The molecule has 76 valence electrons. The molecule has 0 amide bonds. The fourth-order valence-corrected chi connectivity index (χ4v) is 1.87. The summed E-state index contributed by atoms with van der Waals surface area (Å²) in [5, 5.41) is 0. The Bertz CT molecular complexity index is 186. The van der Waals surface area contributed by atoms with Crippen molar-refractivity contribution in [1.82, 2.24) is 4.90 Å². The average molecular weight is 181 g/mol. The molecule has 0 spiro atoms. The zero-order valence-electron chi connectivity index (χ0n) is 9.56. The maximum atomic E-state index is 2.55. The lowest BCUT2D eigenvalue weighted by Gasteiger charge is -2.37. The van der Waals surface area contributed by atoms with E-state index in [4.69, 9.17) is 0 Å². The van der Waals surface area contributed by atoms with Gasteiger partial charge in [-0.15, -0.1) is 0 Å². The second kappa shape index (κ2) is 4.28. The van der Waals surface area contributed by atoms with Gasteiger partial charge in [0.1, 0.15) is 0 Å². The molecule has 0 bridgehead atoms. The topological polar surface area (TPSA) is 3.24 Å². The van der Waals surface area contributed by atoms with Crippen LogP contribution in [0.25, 0.3) is 0 Å². The summed E-state index contributed by atoms with van der Waals surface area (Å²) in [5.74, 6) is 0. The highest BCUT2D eigenvalue weighted by atomic mass is 15.2. The second-order valence-electron chi connectivity index (χ2n) is 4.98. The van der Waals surface area contributed by atoms with Gasteiger partial charge in [-0.25, -0.2) is 0 Å². The van der Waals surface area contributed by atoms with E-state index in [-0.39, 0.29) is 0 Å². The molecule has 13 heavy (non-hydrogen) atoms. The lowest BCUT2D eigenvalue weighted by Crippen LogP contribution is -2.43. The summed E-state index contributed by atoms with van der Waals surface area (Å²) in [4.78, 5) is 2.55. The van der Waals surface area contributed by atoms with Crippen LogP contribution in [0, 0.1) is 0 Å². The summed E-state index contributed by atoms with van der Waals surface area (Å²) in [7, 11) is 0. The Kier molecular flexibility index (Phi) is 3.55. The first-order chi connectivity index (χ1) is 6.04. The van der Waals surface area contributed by atoms with Crippen LogP contribution in [0.5, 0.6) is 0 Å². The van der Waals surface area contributed by atoms with E-state index in [9.17, 15) is 0 Å². The molecule has 0 saturated heterocycles. The Morgan fingerprint density at radius 3 is 2.46 bits per heavy atom. The minimum absolute atomic E-state index is 0.342. The van der Waals surface area contributed by atoms with Crippen LogP contribution in [0.15, 0.2) is 11.6 Å². The SMILES string of the molecule is CCCC1=CCN(C(C)(C)C)CC1. The standard InChI is InChI=1S/C12H23N/c1-5-6-11-7-9-13(10-8-11)12(2,3)4/h7H,5-6,8-10H2,1-4H3. The van der Waals surface area contributed by atoms with Gasteiger partial charge in [0.25, 0.3) is 0 Å². The smallest absolute Gasteiger partial charge is 0.0171 e. The van der Waals surface area contributed by atoms with E-state index in [0.717, 1.165) is 6.54 Å². The quantitative estimate of drug-likeness (QED) is 0.591. The van der Waals surface area contributed by atoms with Crippen LogP contribution < -0.4 is 0 Å². The average Bonchev–Trinajstić information content (AvgIpc) is 2.04. The second-order valence-corrected chi connectivity index (χ2v) is 4.98. The number of rotatable bonds is 2. The van der Waals surface area contributed by atoms with Crippen molar-refractivity contribution in [1.29, 1.82) is 0 Å². The summed E-state index contributed by atoms with van der Waals surface area (Å²) in [6.07, 6.45) is 6.31. The van der Waals surface area contributed by atoms with Gasteiger partial charge in [0.05, 0.1) is 0 Å². The molecule has 0 saturated carbocycles. The minimum Gasteiger partial charge on any atom is -0.295 e. The van der Waals surface area contributed by atoms with Crippen LogP contribution in [-0.2, 0) is 0 Å². The molecule has 1 rings (SSSR count). The van der Waals surface area contributed by atoms with Gasteiger partial charge in [0.15, 0.2) is 0 Å². The Labute approximate surface area is 82.8 Å². The summed E-state index contributed by atoms with van der Waals surface area (Å²) >= 11 is 0. The number of hydrogen-bond donors (Lipinski definition) is 0. The third-order valence-corrected chi connectivity index (χ3v) is 2.82. The normalized spacial score (nSPS) is 20.2. The predicted molar refractivity (Wildman–Crippen MR) is 58.9 cm³/mol. The lowest BCUT2D eigenvalue weighted by atomic mass is 9.98. The molecule has 0 atom stereocenters. The van der Waals surface area contributed by atoms with Crippen molar-refractivity contribution in [2.24, 2.45) is 0 Å². The molecule has 0 aliphatic carbocycles. The Hall–Kier alpha value is -0.300. The third-order valence-electron chi connectivity index (χ3n) is 2.82. The van der Waals surface area contributed by atoms with Crippen LogP contribution in [0.3, 0.4) is 0 Å². The Morgan fingerprint density at radius 1 is 1.38 bits per heavy atom. The molecule has 0 fully saturated rings. The Balaban J connectivity index is 2.46. The summed E-state index contributed by atoms with van der Waals surface area (Å²) in [5.41, 5.74) is 2.01. The van der Waals surface area contributed by atoms with E-state index in [1.165, 1.54) is 25.8 Å². The third kappa shape index (κ3) is 3.15. The fourth-order valence-electron chi connectivity index (χ4n) is 1.87. The highest BCUT2D eigenvalue weighted by Gasteiger charge is 2.22. The van der Waals surface area contributed by atoms with Crippen LogP contribution in [0.1, 0.15) is 47.0 Å². The molecule has 1 aliphatic rings. The molecule has 0 radical (unpaired) electrons. The highest BCUT2D eigenvalue weighted by molar-refractivity contribution is 5.08. The van der Waals surface area contributed by atoms with Crippen molar-refractivity contribution in [2.75, 3.05) is 13.1 Å². The number of hydrogen-bond acceptors (Lipinski definition) is 1. The van der Waals surface area contributed by atoms with Crippen LogP contribution in [0.2, 0.25) is 0 Å². The molecule has 1 nitrogen and oxygen atoms in total. The van der Waals surface area contributed by atoms with E-state index >= 15 is 0 Å². The molecule has 1 heterocycles. The highest BCUT2D eigenvalue weighted by Crippen LogP contribution is 2.21. The summed E-state index contributed by atoms with van der Waals surface area (Å²) in [6, 6.07) is 0. The van der Waals surface area contributed by atoms with Gasteiger partial charge in [0.2, 0.25) is 0 Å². The van der Waals surface area contributed by atoms with Crippen molar-refractivity contribution in [2.45, 2.75) is 52.5 Å². The number of nitrogens with zero attached hydrogens (tertiary/aromatic N) is 1. The molecule has 0 N–H and O–H groups in total. The van der Waals surface area contributed by atoms with E-state index in [1.807, 2.05) is 0 Å². The zero-order valence-corrected chi connectivity index (χ0v) is 9.56. The van der Waals surface area contributed by atoms with Crippen molar-refractivity contribution < 1.29 is 0 Å². The van der Waals surface area contributed by atoms with Crippen LogP contribution in [0.4, 0.5) is 0 Å².